The fraction of sp³-hybridized carbons (Fsp3) is 0.588. The maximum absolute atomic E-state index is 12.0. The van der Waals surface area contributed by atoms with Crippen LogP contribution in [0.5, 0.6) is 0 Å². The summed E-state index contributed by atoms with van der Waals surface area (Å²) in [5.41, 5.74) is 7.06. The molecule has 1 aliphatic rings. The Hall–Kier alpha value is -1.10. The summed E-state index contributed by atoms with van der Waals surface area (Å²) < 4.78 is 0. The molecule has 2 atom stereocenters. The highest BCUT2D eigenvalue weighted by Crippen LogP contribution is 2.16. The third kappa shape index (κ3) is 4.97. The van der Waals surface area contributed by atoms with Gasteiger partial charge < -0.3 is 11.1 Å². The number of halogens is 1. The summed E-state index contributed by atoms with van der Waals surface area (Å²) >= 11 is 5.91. The molecular weight excluding hydrogens is 298 g/mol. The summed E-state index contributed by atoms with van der Waals surface area (Å²) in [4.78, 5) is 14.5. The van der Waals surface area contributed by atoms with Crippen molar-refractivity contribution in [2.24, 2.45) is 11.7 Å². The van der Waals surface area contributed by atoms with Gasteiger partial charge in [-0.15, -0.1) is 0 Å². The Morgan fingerprint density at radius 2 is 1.91 bits per heavy atom. The fourth-order valence-electron chi connectivity index (χ4n) is 2.65. The van der Waals surface area contributed by atoms with Gasteiger partial charge in [0, 0.05) is 42.7 Å². The van der Waals surface area contributed by atoms with E-state index in [0.29, 0.717) is 0 Å². The molecular formula is C17H26ClN3O. The predicted octanol–water partition coefficient (Wildman–Crippen LogP) is 2.40. The molecule has 5 heteroatoms. The summed E-state index contributed by atoms with van der Waals surface area (Å²) in [5, 5.41) is 3.90. The predicted molar refractivity (Wildman–Crippen MR) is 90.7 cm³/mol. The molecule has 1 amide bonds. The van der Waals surface area contributed by atoms with Crippen LogP contribution in [0.2, 0.25) is 5.02 Å². The third-order valence-corrected chi connectivity index (χ3v) is 4.71. The zero-order valence-corrected chi connectivity index (χ0v) is 14.1. The standard InChI is InChI=1S/C17H26ClN3O/c1-12(13(2)19)17(22)20-16-7-9-21(10-8-16)11-14-3-5-15(18)6-4-14/h3-6,12-13,16H,7-11,19H2,1-2H3,(H,20,22). The van der Waals surface area contributed by atoms with E-state index in [1.54, 1.807) is 0 Å². The number of hydrogen-bond acceptors (Lipinski definition) is 3. The zero-order chi connectivity index (χ0) is 16.1. The summed E-state index contributed by atoms with van der Waals surface area (Å²) in [6, 6.07) is 8.17. The van der Waals surface area contributed by atoms with Gasteiger partial charge in [-0.25, -0.2) is 0 Å². The minimum absolute atomic E-state index is 0.0751. The minimum Gasteiger partial charge on any atom is -0.353 e. The number of amides is 1. The Bertz CT molecular complexity index is 481. The molecule has 3 N–H and O–H groups in total. The van der Waals surface area contributed by atoms with Gasteiger partial charge in [-0.1, -0.05) is 30.7 Å². The molecule has 0 aliphatic carbocycles. The molecule has 2 rings (SSSR count). The topological polar surface area (TPSA) is 58.4 Å². The zero-order valence-electron chi connectivity index (χ0n) is 13.4. The van der Waals surface area contributed by atoms with E-state index in [9.17, 15) is 4.79 Å². The van der Waals surface area contributed by atoms with Gasteiger partial charge in [-0.2, -0.15) is 0 Å². The molecule has 1 aliphatic heterocycles. The number of carbonyl (C=O) groups is 1. The van der Waals surface area contributed by atoms with Gasteiger partial charge in [0.25, 0.3) is 0 Å². The van der Waals surface area contributed by atoms with Crippen molar-refractivity contribution in [3.05, 3.63) is 34.9 Å². The number of nitrogens with one attached hydrogen (secondary N) is 1. The van der Waals surface area contributed by atoms with Gasteiger partial charge in [0.1, 0.15) is 0 Å². The molecule has 0 spiro atoms. The van der Waals surface area contributed by atoms with Crippen molar-refractivity contribution in [1.29, 1.82) is 0 Å². The lowest BCUT2D eigenvalue weighted by Crippen LogP contribution is -2.48. The van der Waals surface area contributed by atoms with E-state index >= 15 is 0 Å². The van der Waals surface area contributed by atoms with Crippen molar-refractivity contribution in [2.75, 3.05) is 13.1 Å². The number of benzene rings is 1. The van der Waals surface area contributed by atoms with Crippen LogP contribution in [0.4, 0.5) is 0 Å². The molecule has 2 unspecified atom stereocenters. The van der Waals surface area contributed by atoms with Gasteiger partial charge in [0.15, 0.2) is 0 Å². The maximum Gasteiger partial charge on any atom is 0.224 e. The lowest BCUT2D eigenvalue weighted by Gasteiger charge is -2.33. The Morgan fingerprint density at radius 1 is 1.32 bits per heavy atom. The van der Waals surface area contributed by atoms with Gasteiger partial charge in [0.05, 0.1) is 0 Å². The highest BCUT2D eigenvalue weighted by atomic mass is 35.5. The van der Waals surface area contributed by atoms with Crippen molar-refractivity contribution >= 4 is 17.5 Å². The van der Waals surface area contributed by atoms with Crippen LogP contribution in [0.25, 0.3) is 0 Å². The Balaban J connectivity index is 1.76. The first-order chi connectivity index (χ1) is 10.5. The van der Waals surface area contributed by atoms with Gasteiger partial charge in [-0.05, 0) is 37.5 Å². The number of rotatable bonds is 5. The average molecular weight is 324 g/mol. The second-order valence-corrected chi connectivity index (χ2v) is 6.77. The normalized spacial score (nSPS) is 19.6. The fourth-order valence-corrected chi connectivity index (χ4v) is 2.78. The quantitative estimate of drug-likeness (QED) is 0.875. The molecule has 122 valence electrons. The monoisotopic (exact) mass is 323 g/mol. The van der Waals surface area contributed by atoms with Crippen molar-refractivity contribution in [3.8, 4) is 0 Å². The molecule has 0 radical (unpaired) electrons. The molecule has 1 aromatic carbocycles. The lowest BCUT2D eigenvalue weighted by atomic mass is 10.00. The van der Waals surface area contributed by atoms with Crippen molar-refractivity contribution < 1.29 is 4.79 Å². The SMILES string of the molecule is CC(N)C(C)C(=O)NC1CCN(Cc2ccc(Cl)cc2)CC1. The number of nitrogens with two attached hydrogens (primary N) is 1. The lowest BCUT2D eigenvalue weighted by molar-refractivity contribution is -0.126. The highest BCUT2D eigenvalue weighted by molar-refractivity contribution is 6.30. The van der Waals surface area contributed by atoms with Crippen LogP contribution in [-0.4, -0.2) is 36.0 Å². The second kappa shape index (κ2) is 7.95. The number of carbonyl (C=O) groups excluding carboxylic acids is 1. The first kappa shape index (κ1) is 17.3. The minimum atomic E-state index is -0.132. The van der Waals surface area contributed by atoms with E-state index in [4.69, 9.17) is 17.3 Å². The highest BCUT2D eigenvalue weighted by Gasteiger charge is 2.24. The van der Waals surface area contributed by atoms with Crippen LogP contribution in [0, 0.1) is 5.92 Å². The molecule has 1 fully saturated rings. The van der Waals surface area contributed by atoms with Crippen LogP contribution in [0.15, 0.2) is 24.3 Å². The first-order valence-corrected chi connectivity index (χ1v) is 8.36. The molecule has 1 aromatic rings. The number of piperidine rings is 1. The Labute approximate surface area is 138 Å². The van der Waals surface area contributed by atoms with Crippen LogP contribution < -0.4 is 11.1 Å². The van der Waals surface area contributed by atoms with Crippen molar-refractivity contribution in [2.45, 2.75) is 45.3 Å². The van der Waals surface area contributed by atoms with E-state index in [-0.39, 0.29) is 23.9 Å². The van der Waals surface area contributed by atoms with Crippen LogP contribution in [0.1, 0.15) is 32.3 Å². The van der Waals surface area contributed by atoms with E-state index < -0.39 is 0 Å². The van der Waals surface area contributed by atoms with E-state index in [1.165, 1.54) is 5.56 Å². The summed E-state index contributed by atoms with van der Waals surface area (Å²) in [6.07, 6.45) is 1.98. The summed E-state index contributed by atoms with van der Waals surface area (Å²) in [5.74, 6) is -0.0572. The number of likely N-dealkylation sites (tertiary alicyclic amines) is 1. The molecule has 0 bridgehead atoms. The molecule has 1 saturated heterocycles. The number of hydrogen-bond donors (Lipinski definition) is 2. The van der Waals surface area contributed by atoms with E-state index in [2.05, 4.69) is 22.3 Å². The number of nitrogens with zero attached hydrogens (tertiary/aromatic N) is 1. The van der Waals surface area contributed by atoms with Gasteiger partial charge >= 0.3 is 0 Å². The maximum atomic E-state index is 12.0. The Morgan fingerprint density at radius 3 is 2.45 bits per heavy atom. The molecule has 1 heterocycles. The third-order valence-electron chi connectivity index (χ3n) is 4.46. The van der Waals surface area contributed by atoms with Crippen LogP contribution in [0.3, 0.4) is 0 Å². The van der Waals surface area contributed by atoms with Crippen LogP contribution >= 0.6 is 11.6 Å². The van der Waals surface area contributed by atoms with Gasteiger partial charge in [-0.3, -0.25) is 9.69 Å². The first-order valence-electron chi connectivity index (χ1n) is 7.98. The molecule has 0 saturated carbocycles. The average Bonchev–Trinajstić information content (AvgIpc) is 2.50. The second-order valence-electron chi connectivity index (χ2n) is 6.33. The van der Waals surface area contributed by atoms with E-state index in [0.717, 1.165) is 37.5 Å². The van der Waals surface area contributed by atoms with E-state index in [1.807, 2.05) is 26.0 Å². The van der Waals surface area contributed by atoms with Crippen molar-refractivity contribution in [3.63, 3.8) is 0 Å². The van der Waals surface area contributed by atoms with Crippen LogP contribution in [-0.2, 0) is 11.3 Å². The van der Waals surface area contributed by atoms with Crippen molar-refractivity contribution in [1.82, 2.24) is 10.2 Å². The molecule has 22 heavy (non-hydrogen) atoms. The summed E-state index contributed by atoms with van der Waals surface area (Å²) in [7, 11) is 0. The summed E-state index contributed by atoms with van der Waals surface area (Å²) in [6.45, 7) is 6.70. The molecule has 0 aromatic heterocycles. The molecule has 4 nitrogen and oxygen atoms in total. The Kier molecular flexibility index (Phi) is 6.24. The van der Waals surface area contributed by atoms with Gasteiger partial charge in [0.2, 0.25) is 5.91 Å². The smallest absolute Gasteiger partial charge is 0.224 e. The largest absolute Gasteiger partial charge is 0.353 e.